The highest BCUT2D eigenvalue weighted by molar-refractivity contribution is 9.12. The number of nitrogens with zero attached hydrogens (tertiary/aromatic N) is 1. The van der Waals surface area contributed by atoms with E-state index in [4.69, 9.17) is 11.1 Å². The van der Waals surface area contributed by atoms with Crippen LogP contribution in [0.2, 0.25) is 0 Å². The SMILES string of the molecule is C=C(Br)C(=O)Nc1ccc2[nH]c(C(=O)Nc3cc(C(=O)Nc4c[nH]c(C(=O)Nc5c[nH]c(C(=O)NCCC(=N)N)c5C)c4C)n(C)c3)c(C)c2c1. The van der Waals surface area contributed by atoms with E-state index in [9.17, 15) is 24.0 Å². The standard InChI is InChI=1S/C34H36BrN11O5/c1-15-21-10-19(41-30(47)18(4)35)6-7-22(21)43-29(15)34(51)42-20-11-25(46(5)14-20)31(48)44-23-12-40-28(17(23)3)33(50)45-24-13-39-27(16(24)2)32(49)38-9-8-26(36)37/h6-7,10-14,39-40,43H,4,8-9H2,1-3,5H3,(H3,36,37)(H,38,49)(H,41,47)(H,42,51)(H,44,48)(H,45,50). The van der Waals surface area contributed by atoms with Crippen molar-refractivity contribution in [2.24, 2.45) is 12.8 Å². The van der Waals surface area contributed by atoms with Crippen molar-refractivity contribution in [1.82, 2.24) is 24.8 Å². The van der Waals surface area contributed by atoms with Gasteiger partial charge in [0, 0.05) is 66.3 Å². The molecule has 0 bridgehead atoms. The summed E-state index contributed by atoms with van der Waals surface area (Å²) in [6.07, 6.45) is 4.82. The number of halogens is 1. The summed E-state index contributed by atoms with van der Waals surface area (Å²) in [5.41, 5.74) is 10.4. The van der Waals surface area contributed by atoms with Crippen molar-refractivity contribution in [3.8, 4) is 0 Å². The molecule has 5 amide bonds. The van der Waals surface area contributed by atoms with Crippen LogP contribution in [-0.2, 0) is 11.8 Å². The van der Waals surface area contributed by atoms with Crippen molar-refractivity contribution in [2.75, 3.05) is 27.8 Å². The van der Waals surface area contributed by atoms with Gasteiger partial charge in [0.2, 0.25) is 0 Å². The van der Waals surface area contributed by atoms with Crippen LogP contribution in [0, 0.1) is 26.2 Å². The van der Waals surface area contributed by atoms with Crippen LogP contribution in [0.5, 0.6) is 0 Å². The molecule has 5 rings (SSSR count). The number of nitrogens with two attached hydrogens (primary N) is 1. The number of aryl methyl sites for hydroxylation is 2. The molecule has 17 heteroatoms. The Hall–Kier alpha value is -6.36. The number of benzene rings is 1. The van der Waals surface area contributed by atoms with Crippen LogP contribution in [0.3, 0.4) is 0 Å². The van der Waals surface area contributed by atoms with Crippen molar-refractivity contribution in [3.05, 3.63) is 93.4 Å². The molecule has 1 aromatic carbocycles. The topological polar surface area (TPSA) is 248 Å². The maximum Gasteiger partial charge on any atom is 0.272 e. The van der Waals surface area contributed by atoms with Crippen molar-refractivity contribution < 1.29 is 24.0 Å². The number of hydrogen-bond donors (Lipinski definition) is 10. The zero-order valence-corrected chi connectivity index (χ0v) is 29.7. The maximum absolute atomic E-state index is 13.3. The fraction of sp³-hybridized carbons (Fsp3) is 0.176. The van der Waals surface area contributed by atoms with Crippen LogP contribution >= 0.6 is 15.9 Å². The van der Waals surface area contributed by atoms with Crippen molar-refractivity contribution in [1.29, 1.82) is 5.41 Å². The molecule has 0 saturated heterocycles. The number of fused-ring (bicyclic) bond motifs is 1. The average Bonchev–Trinajstić information content (AvgIpc) is 3.82. The van der Waals surface area contributed by atoms with E-state index < -0.39 is 23.6 Å². The molecule has 0 fully saturated rings. The van der Waals surface area contributed by atoms with Gasteiger partial charge in [-0.05, 0) is 66.5 Å². The zero-order valence-electron chi connectivity index (χ0n) is 28.1. The Morgan fingerprint density at radius 2 is 1.43 bits per heavy atom. The highest BCUT2D eigenvalue weighted by atomic mass is 79.9. The van der Waals surface area contributed by atoms with Crippen LogP contribution in [-0.4, -0.2) is 61.4 Å². The summed E-state index contributed by atoms with van der Waals surface area (Å²) in [4.78, 5) is 73.1. The number of H-pyrrole nitrogens is 3. The first-order valence-corrected chi connectivity index (χ1v) is 16.3. The summed E-state index contributed by atoms with van der Waals surface area (Å²) in [7, 11) is 1.66. The molecule has 0 unspecified atom stereocenters. The first kappa shape index (κ1) is 35.9. The monoisotopic (exact) mass is 757 g/mol. The summed E-state index contributed by atoms with van der Waals surface area (Å²) in [6.45, 7) is 8.91. The molecule has 264 valence electrons. The zero-order chi connectivity index (χ0) is 37.1. The second-order valence-corrected chi connectivity index (χ2v) is 12.7. The smallest absolute Gasteiger partial charge is 0.272 e. The highest BCUT2D eigenvalue weighted by Crippen LogP contribution is 2.27. The van der Waals surface area contributed by atoms with E-state index in [0.29, 0.717) is 50.7 Å². The number of anilines is 4. The van der Waals surface area contributed by atoms with Gasteiger partial charge in [0.25, 0.3) is 29.5 Å². The molecule has 0 aliphatic rings. The summed E-state index contributed by atoms with van der Waals surface area (Å²) in [5.74, 6) is -2.20. The van der Waals surface area contributed by atoms with E-state index in [1.165, 1.54) is 18.5 Å². The van der Waals surface area contributed by atoms with Gasteiger partial charge in [0.15, 0.2) is 0 Å². The third-order valence-electron chi connectivity index (χ3n) is 8.20. The predicted molar refractivity (Wildman–Crippen MR) is 199 cm³/mol. The van der Waals surface area contributed by atoms with E-state index in [1.807, 2.05) is 0 Å². The second-order valence-electron chi connectivity index (χ2n) is 11.8. The Morgan fingerprint density at radius 3 is 2.06 bits per heavy atom. The van der Waals surface area contributed by atoms with Crippen LogP contribution < -0.4 is 32.3 Å². The van der Waals surface area contributed by atoms with Crippen LogP contribution in [0.4, 0.5) is 22.7 Å². The lowest BCUT2D eigenvalue weighted by Crippen LogP contribution is -2.28. The number of amidine groups is 1. The number of hydrogen-bond acceptors (Lipinski definition) is 6. The van der Waals surface area contributed by atoms with Crippen molar-refractivity contribution in [2.45, 2.75) is 27.2 Å². The highest BCUT2D eigenvalue weighted by Gasteiger charge is 2.22. The first-order valence-electron chi connectivity index (χ1n) is 15.5. The fourth-order valence-corrected chi connectivity index (χ4v) is 5.47. The van der Waals surface area contributed by atoms with E-state index >= 15 is 0 Å². The minimum Gasteiger partial charge on any atom is -0.388 e. The fourth-order valence-electron chi connectivity index (χ4n) is 5.38. The number of aromatic nitrogens is 4. The lowest BCUT2D eigenvalue weighted by molar-refractivity contribution is -0.112. The maximum atomic E-state index is 13.3. The normalized spacial score (nSPS) is 10.8. The van der Waals surface area contributed by atoms with Gasteiger partial charge in [-0.1, -0.05) is 6.58 Å². The van der Waals surface area contributed by atoms with Crippen LogP contribution in [0.25, 0.3) is 10.9 Å². The van der Waals surface area contributed by atoms with E-state index in [0.717, 1.165) is 5.39 Å². The summed E-state index contributed by atoms with van der Waals surface area (Å²) in [5, 5.41) is 21.8. The van der Waals surface area contributed by atoms with Crippen LogP contribution in [0.15, 0.2) is 53.9 Å². The third kappa shape index (κ3) is 7.78. The van der Waals surface area contributed by atoms with Gasteiger partial charge in [0.05, 0.1) is 27.4 Å². The van der Waals surface area contributed by atoms with Gasteiger partial charge in [-0.2, -0.15) is 0 Å². The van der Waals surface area contributed by atoms with E-state index in [-0.39, 0.29) is 46.3 Å². The molecular formula is C34H36BrN11O5. The molecule has 0 spiro atoms. The molecule has 5 aromatic rings. The largest absolute Gasteiger partial charge is 0.388 e. The lowest BCUT2D eigenvalue weighted by Gasteiger charge is -2.07. The van der Waals surface area contributed by atoms with Crippen molar-refractivity contribution >= 4 is 85.0 Å². The summed E-state index contributed by atoms with van der Waals surface area (Å²) >= 11 is 3.06. The molecule has 4 heterocycles. The number of carbonyl (C=O) groups is 5. The summed E-state index contributed by atoms with van der Waals surface area (Å²) in [6, 6.07) is 6.76. The molecule has 11 N–H and O–H groups in total. The Morgan fingerprint density at radius 1 is 0.824 bits per heavy atom. The number of rotatable bonds is 12. The molecule has 0 radical (unpaired) electrons. The predicted octanol–water partition coefficient (Wildman–Crippen LogP) is 4.75. The lowest BCUT2D eigenvalue weighted by atomic mass is 10.1. The molecule has 0 aliphatic heterocycles. The molecule has 16 nitrogen and oxygen atoms in total. The average molecular weight is 759 g/mol. The Bertz CT molecular complexity index is 2250. The molecule has 0 saturated carbocycles. The Balaban J connectivity index is 1.23. The second kappa shape index (κ2) is 14.6. The van der Waals surface area contributed by atoms with Crippen LogP contribution in [0.1, 0.15) is 65.1 Å². The minimum atomic E-state index is -0.486. The van der Waals surface area contributed by atoms with Crippen molar-refractivity contribution in [3.63, 3.8) is 0 Å². The number of nitrogens with one attached hydrogen (secondary N) is 9. The van der Waals surface area contributed by atoms with Gasteiger partial charge in [-0.25, -0.2) is 0 Å². The Labute approximate surface area is 299 Å². The van der Waals surface area contributed by atoms with E-state index in [2.05, 4.69) is 64.0 Å². The van der Waals surface area contributed by atoms with Gasteiger partial charge in [-0.3, -0.25) is 29.4 Å². The van der Waals surface area contributed by atoms with Gasteiger partial charge in [0.1, 0.15) is 22.8 Å². The van der Waals surface area contributed by atoms with E-state index in [1.54, 1.807) is 56.8 Å². The van der Waals surface area contributed by atoms with Gasteiger partial charge < -0.3 is 51.8 Å². The third-order valence-corrected chi connectivity index (χ3v) is 8.56. The molecule has 0 aliphatic carbocycles. The van der Waals surface area contributed by atoms with Gasteiger partial charge >= 0.3 is 0 Å². The molecule has 4 aromatic heterocycles. The molecular weight excluding hydrogens is 722 g/mol. The minimum absolute atomic E-state index is 0.0404. The first-order chi connectivity index (χ1) is 24.1. The molecule has 0 atom stereocenters. The number of carbonyl (C=O) groups excluding carboxylic acids is 5. The van der Waals surface area contributed by atoms with Gasteiger partial charge in [-0.15, -0.1) is 0 Å². The molecule has 51 heavy (non-hydrogen) atoms. The number of amides is 5. The summed E-state index contributed by atoms with van der Waals surface area (Å²) < 4.78 is 1.75. The Kier molecular flexibility index (Phi) is 10.3. The number of aromatic amines is 3. The quantitative estimate of drug-likeness (QED) is 0.0488.